The summed E-state index contributed by atoms with van der Waals surface area (Å²) in [5.74, 6) is -1.04. The van der Waals surface area contributed by atoms with Crippen LogP contribution < -0.4 is 9.62 Å². The van der Waals surface area contributed by atoms with Crippen molar-refractivity contribution in [3.05, 3.63) is 91.9 Å². The van der Waals surface area contributed by atoms with Crippen LogP contribution in [0.25, 0.3) is 0 Å². The standard InChI is InChI=1S/C21H16ClFN2O3S2/c1-13-16(22)6-3-7-17(13)24-11-19-20(26)21-18(8-9-29-21)25(30(19,27)28)12-14-4-2-5-15(23)10-14/h2-11,24H,12H2,1H3/b19-11-. The fraction of sp³-hybridized carbons (Fsp3) is 0.0952. The van der Waals surface area contributed by atoms with Crippen LogP contribution in [0.1, 0.15) is 20.8 Å². The Morgan fingerprint density at radius 3 is 2.73 bits per heavy atom. The van der Waals surface area contributed by atoms with Crippen LogP contribution in [0.4, 0.5) is 15.8 Å². The van der Waals surface area contributed by atoms with E-state index >= 15 is 0 Å². The Bertz CT molecular complexity index is 1280. The predicted octanol–water partition coefficient (Wildman–Crippen LogP) is 5.34. The van der Waals surface area contributed by atoms with E-state index in [9.17, 15) is 17.6 Å². The van der Waals surface area contributed by atoms with Crippen molar-refractivity contribution >= 4 is 50.1 Å². The number of hydrogen-bond acceptors (Lipinski definition) is 5. The molecule has 9 heteroatoms. The molecule has 0 radical (unpaired) electrons. The fourth-order valence-electron chi connectivity index (χ4n) is 3.16. The summed E-state index contributed by atoms with van der Waals surface area (Å²) >= 11 is 7.28. The molecule has 1 N–H and O–H groups in total. The van der Waals surface area contributed by atoms with Crippen LogP contribution >= 0.6 is 22.9 Å². The van der Waals surface area contributed by atoms with Crippen LogP contribution in [0, 0.1) is 12.7 Å². The maximum Gasteiger partial charge on any atom is 0.270 e. The number of carbonyl (C=O) groups is 1. The van der Waals surface area contributed by atoms with Crippen LogP contribution in [-0.2, 0) is 16.6 Å². The van der Waals surface area contributed by atoms with Crippen molar-refractivity contribution in [1.82, 2.24) is 0 Å². The first-order valence-electron chi connectivity index (χ1n) is 8.90. The summed E-state index contributed by atoms with van der Waals surface area (Å²) in [4.78, 5) is 12.9. The molecule has 0 saturated heterocycles. The molecule has 4 rings (SSSR count). The first-order valence-corrected chi connectivity index (χ1v) is 11.6. The molecule has 1 aliphatic rings. The number of nitrogens with zero attached hydrogens (tertiary/aromatic N) is 1. The second-order valence-corrected chi connectivity index (χ2v) is 9.83. The van der Waals surface area contributed by atoms with Gasteiger partial charge < -0.3 is 5.32 Å². The Hall–Kier alpha value is -2.68. The number of hydrogen-bond donors (Lipinski definition) is 1. The Labute approximate surface area is 182 Å². The van der Waals surface area contributed by atoms with Crippen LogP contribution in [0.2, 0.25) is 5.02 Å². The van der Waals surface area contributed by atoms with E-state index < -0.39 is 21.6 Å². The number of anilines is 2. The van der Waals surface area contributed by atoms with Gasteiger partial charge in [-0.25, -0.2) is 12.8 Å². The maximum absolute atomic E-state index is 13.6. The van der Waals surface area contributed by atoms with Gasteiger partial charge in [-0.15, -0.1) is 11.3 Å². The number of benzene rings is 2. The van der Waals surface area contributed by atoms with Gasteiger partial charge in [-0.05, 0) is 53.8 Å². The number of allylic oxidation sites excluding steroid dienone is 1. The number of nitrogens with one attached hydrogen (secondary N) is 1. The van der Waals surface area contributed by atoms with Crippen LogP contribution in [-0.4, -0.2) is 14.2 Å². The van der Waals surface area contributed by atoms with Gasteiger partial charge in [0, 0.05) is 16.9 Å². The minimum Gasteiger partial charge on any atom is -0.360 e. The van der Waals surface area contributed by atoms with E-state index in [4.69, 9.17) is 11.6 Å². The maximum atomic E-state index is 13.6. The van der Waals surface area contributed by atoms with Crippen molar-refractivity contribution in [1.29, 1.82) is 0 Å². The van der Waals surface area contributed by atoms with Gasteiger partial charge in [-0.2, -0.15) is 0 Å². The number of carbonyl (C=O) groups excluding carboxylic acids is 1. The summed E-state index contributed by atoms with van der Waals surface area (Å²) in [5.41, 5.74) is 2.09. The van der Waals surface area contributed by atoms with E-state index in [1.54, 1.807) is 42.6 Å². The molecule has 0 spiro atoms. The van der Waals surface area contributed by atoms with E-state index in [-0.39, 0.29) is 11.4 Å². The highest BCUT2D eigenvalue weighted by Gasteiger charge is 2.41. The predicted molar refractivity (Wildman–Crippen MR) is 118 cm³/mol. The fourth-order valence-corrected chi connectivity index (χ4v) is 5.82. The molecule has 154 valence electrons. The number of thiophene rings is 1. The van der Waals surface area contributed by atoms with Crippen molar-refractivity contribution < 1.29 is 17.6 Å². The lowest BCUT2D eigenvalue weighted by Gasteiger charge is -2.29. The van der Waals surface area contributed by atoms with Gasteiger partial charge in [0.25, 0.3) is 10.0 Å². The average molecular weight is 463 g/mol. The molecule has 0 fully saturated rings. The molecule has 30 heavy (non-hydrogen) atoms. The van der Waals surface area contributed by atoms with Crippen molar-refractivity contribution in [2.75, 3.05) is 9.62 Å². The van der Waals surface area contributed by atoms with Crippen LogP contribution in [0.3, 0.4) is 0 Å². The van der Waals surface area contributed by atoms with Gasteiger partial charge in [0.15, 0.2) is 4.91 Å². The molecule has 0 saturated carbocycles. The molecule has 0 unspecified atom stereocenters. The SMILES string of the molecule is Cc1c(Cl)cccc1N/C=C1/C(=O)c2sccc2N(Cc2cccc(F)c2)S1(=O)=O. The monoisotopic (exact) mass is 462 g/mol. The molecule has 3 aromatic rings. The molecule has 5 nitrogen and oxygen atoms in total. The van der Waals surface area contributed by atoms with Gasteiger partial charge in [0.2, 0.25) is 5.78 Å². The van der Waals surface area contributed by atoms with E-state index in [1.165, 1.54) is 24.4 Å². The van der Waals surface area contributed by atoms with Gasteiger partial charge in [-0.3, -0.25) is 9.10 Å². The summed E-state index contributed by atoms with van der Waals surface area (Å²) in [6.07, 6.45) is 1.19. The van der Waals surface area contributed by atoms with E-state index in [2.05, 4.69) is 5.32 Å². The number of rotatable bonds is 4. The molecule has 1 aromatic heterocycles. The number of Topliss-reactive ketones (excluding diaryl/α,β-unsaturated/α-hetero) is 1. The highest BCUT2D eigenvalue weighted by atomic mass is 35.5. The minimum absolute atomic E-state index is 0.0926. The molecule has 0 atom stereocenters. The quantitative estimate of drug-likeness (QED) is 0.532. The smallest absolute Gasteiger partial charge is 0.270 e. The summed E-state index contributed by atoms with van der Waals surface area (Å²) in [6.45, 7) is 1.69. The van der Waals surface area contributed by atoms with Gasteiger partial charge >= 0.3 is 0 Å². The Kier molecular flexibility index (Phi) is 5.40. The zero-order valence-electron chi connectivity index (χ0n) is 15.7. The van der Waals surface area contributed by atoms with Crippen molar-refractivity contribution in [2.45, 2.75) is 13.5 Å². The second-order valence-electron chi connectivity index (χ2n) is 6.67. The zero-order chi connectivity index (χ0) is 21.5. The average Bonchev–Trinajstić information content (AvgIpc) is 3.18. The highest BCUT2D eigenvalue weighted by molar-refractivity contribution is 7.97. The zero-order valence-corrected chi connectivity index (χ0v) is 18.1. The number of ketones is 1. The Morgan fingerprint density at radius 1 is 1.20 bits per heavy atom. The van der Waals surface area contributed by atoms with Crippen molar-refractivity contribution in [3.8, 4) is 0 Å². The van der Waals surface area contributed by atoms with Crippen LogP contribution in [0.5, 0.6) is 0 Å². The lowest BCUT2D eigenvalue weighted by molar-refractivity contribution is 0.104. The van der Waals surface area contributed by atoms with E-state index in [0.29, 0.717) is 26.8 Å². The third kappa shape index (κ3) is 3.62. The number of sulfonamides is 1. The molecule has 0 amide bonds. The van der Waals surface area contributed by atoms with Crippen molar-refractivity contribution in [3.63, 3.8) is 0 Å². The highest BCUT2D eigenvalue weighted by Crippen LogP contribution is 2.39. The number of fused-ring (bicyclic) bond motifs is 1. The van der Waals surface area contributed by atoms with Crippen molar-refractivity contribution in [2.24, 2.45) is 0 Å². The first-order chi connectivity index (χ1) is 14.3. The molecular weight excluding hydrogens is 447 g/mol. The molecule has 2 heterocycles. The Balaban J connectivity index is 1.77. The summed E-state index contributed by atoms with van der Waals surface area (Å²) in [7, 11) is -4.17. The van der Waals surface area contributed by atoms with E-state index in [1.807, 2.05) is 0 Å². The normalized spacial score (nSPS) is 16.6. The van der Waals surface area contributed by atoms with Gasteiger partial charge in [0.05, 0.1) is 12.2 Å². The summed E-state index contributed by atoms with van der Waals surface area (Å²) in [6, 6.07) is 12.5. The Morgan fingerprint density at radius 2 is 1.97 bits per heavy atom. The van der Waals surface area contributed by atoms with E-state index in [0.717, 1.165) is 21.2 Å². The van der Waals surface area contributed by atoms with Gasteiger partial charge in [0.1, 0.15) is 10.7 Å². The second kappa shape index (κ2) is 7.86. The summed E-state index contributed by atoms with van der Waals surface area (Å²) in [5, 5.41) is 5.08. The lowest BCUT2D eigenvalue weighted by atomic mass is 10.2. The number of halogens is 2. The minimum atomic E-state index is -4.17. The molecule has 0 bridgehead atoms. The molecule has 2 aromatic carbocycles. The van der Waals surface area contributed by atoms with Crippen LogP contribution in [0.15, 0.2) is 65.0 Å². The molecule has 1 aliphatic heterocycles. The molecule has 0 aliphatic carbocycles. The summed E-state index contributed by atoms with van der Waals surface area (Å²) < 4.78 is 41.4. The topological polar surface area (TPSA) is 66.5 Å². The first kappa shape index (κ1) is 20.6. The largest absolute Gasteiger partial charge is 0.360 e. The van der Waals surface area contributed by atoms with Gasteiger partial charge in [-0.1, -0.05) is 29.8 Å². The third-order valence-corrected chi connectivity index (χ3v) is 7.83. The third-order valence-electron chi connectivity index (χ3n) is 4.75. The molecular formula is C21H16ClFN2O3S2. The lowest BCUT2D eigenvalue weighted by Crippen LogP contribution is -2.38.